The van der Waals surface area contributed by atoms with Crippen LogP contribution in [0.25, 0.3) is 0 Å². The van der Waals surface area contributed by atoms with Gasteiger partial charge in [-0.05, 0) is 13.0 Å². The number of hydrogen-bond donors (Lipinski definition) is 0. The van der Waals surface area contributed by atoms with Crippen LogP contribution in [0.3, 0.4) is 0 Å². The zero-order valence-corrected chi connectivity index (χ0v) is 12.1. The van der Waals surface area contributed by atoms with E-state index >= 15 is 0 Å². The number of likely N-dealkylation sites (N-methyl/N-ethyl adjacent to an activating group) is 1. The van der Waals surface area contributed by atoms with E-state index in [0.29, 0.717) is 13.1 Å². The number of ether oxygens (including phenoxy) is 1. The third-order valence-corrected chi connectivity index (χ3v) is 4.20. The summed E-state index contributed by atoms with van der Waals surface area (Å²) in [5.41, 5.74) is 0.920. The molecule has 0 bridgehead atoms. The molecule has 1 saturated heterocycles. The van der Waals surface area contributed by atoms with Gasteiger partial charge in [-0.3, -0.25) is 9.69 Å². The van der Waals surface area contributed by atoms with Crippen molar-refractivity contribution in [2.75, 3.05) is 33.3 Å². The average molecular weight is 279 g/mol. The number of methoxy groups -OCH3 is 1. The minimum Gasteiger partial charge on any atom is -0.437 e. The van der Waals surface area contributed by atoms with Gasteiger partial charge in [-0.15, -0.1) is 0 Å². The van der Waals surface area contributed by atoms with Crippen LogP contribution in [0, 0.1) is 0 Å². The van der Waals surface area contributed by atoms with Gasteiger partial charge < -0.3 is 14.1 Å². The Morgan fingerprint density at radius 2 is 2.35 bits per heavy atom. The number of hydrogen-bond acceptors (Lipinski definition) is 5. The number of carbonyl (C=O) groups excluding carboxylic acids is 1. The number of fused-ring (bicyclic) bond motifs is 1. The Balaban J connectivity index is 1.72. The normalized spacial score (nSPS) is 23.1. The van der Waals surface area contributed by atoms with E-state index in [4.69, 9.17) is 9.15 Å². The number of carbonyl (C=O) groups is 1. The Bertz CT molecular complexity index is 500. The van der Waals surface area contributed by atoms with Crippen LogP contribution in [0.4, 0.5) is 0 Å². The third kappa shape index (κ3) is 2.45. The molecular formula is C14H21N3O3. The highest BCUT2D eigenvalue weighted by molar-refractivity contribution is 5.90. The molecule has 0 radical (unpaired) electrons. The number of oxazole rings is 1. The van der Waals surface area contributed by atoms with E-state index in [1.54, 1.807) is 12.0 Å². The predicted molar refractivity (Wildman–Crippen MR) is 72.5 cm³/mol. The molecule has 0 aliphatic carbocycles. The molecule has 1 aromatic heterocycles. The van der Waals surface area contributed by atoms with Crippen molar-refractivity contribution in [2.45, 2.75) is 32.4 Å². The number of aromatic nitrogens is 1. The van der Waals surface area contributed by atoms with Gasteiger partial charge >= 0.3 is 5.91 Å². The van der Waals surface area contributed by atoms with Crippen molar-refractivity contribution >= 4 is 5.91 Å². The Morgan fingerprint density at radius 3 is 3.05 bits per heavy atom. The number of rotatable bonds is 3. The van der Waals surface area contributed by atoms with Gasteiger partial charge in [0.05, 0.1) is 11.8 Å². The van der Waals surface area contributed by atoms with E-state index < -0.39 is 0 Å². The molecule has 6 nitrogen and oxygen atoms in total. The molecule has 3 rings (SSSR count). The topological polar surface area (TPSA) is 58.8 Å². The molecule has 1 fully saturated rings. The van der Waals surface area contributed by atoms with E-state index in [9.17, 15) is 4.79 Å². The summed E-state index contributed by atoms with van der Waals surface area (Å²) >= 11 is 0. The van der Waals surface area contributed by atoms with E-state index in [-0.39, 0.29) is 17.9 Å². The largest absolute Gasteiger partial charge is 0.437 e. The highest BCUT2D eigenvalue weighted by Gasteiger charge is 2.31. The fourth-order valence-electron chi connectivity index (χ4n) is 2.85. The van der Waals surface area contributed by atoms with Gasteiger partial charge in [0.25, 0.3) is 5.89 Å². The highest BCUT2D eigenvalue weighted by atomic mass is 16.5. The van der Waals surface area contributed by atoms with E-state index in [1.807, 2.05) is 0 Å². The predicted octanol–water partition coefficient (Wildman–Crippen LogP) is 0.913. The Labute approximate surface area is 118 Å². The van der Waals surface area contributed by atoms with Gasteiger partial charge in [0.2, 0.25) is 0 Å². The van der Waals surface area contributed by atoms with Crippen molar-refractivity contribution in [3.05, 3.63) is 17.3 Å². The van der Waals surface area contributed by atoms with Crippen molar-refractivity contribution in [3.63, 3.8) is 0 Å². The van der Waals surface area contributed by atoms with Crippen molar-refractivity contribution in [3.8, 4) is 0 Å². The van der Waals surface area contributed by atoms with Crippen molar-refractivity contribution in [1.29, 1.82) is 0 Å². The maximum Gasteiger partial charge on any atom is 0.309 e. The van der Waals surface area contributed by atoms with Crippen LogP contribution in [-0.2, 0) is 17.7 Å². The van der Waals surface area contributed by atoms with Gasteiger partial charge in [0.15, 0.2) is 0 Å². The van der Waals surface area contributed by atoms with Crippen LogP contribution in [0.1, 0.15) is 35.5 Å². The SMILES string of the molecule is CCN1CCc2oc(C(=O)N3CC[C@H](OC)C3)nc2C1. The van der Waals surface area contributed by atoms with E-state index in [1.165, 1.54) is 0 Å². The fourth-order valence-corrected chi connectivity index (χ4v) is 2.85. The number of nitrogens with zero attached hydrogens (tertiary/aromatic N) is 3. The van der Waals surface area contributed by atoms with Crippen LogP contribution in [0.2, 0.25) is 0 Å². The Hall–Kier alpha value is -1.40. The molecule has 1 amide bonds. The molecule has 2 aliphatic rings. The Morgan fingerprint density at radius 1 is 1.50 bits per heavy atom. The first-order valence-corrected chi connectivity index (χ1v) is 7.24. The number of likely N-dealkylation sites (tertiary alicyclic amines) is 1. The van der Waals surface area contributed by atoms with Crippen molar-refractivity contribution in [1.82, 2.24) is 14.8 Å². The first-order chi connectivity index (χ1) is 9.71. The molecule has 0 spiro atoms. The molecule has 1 aromatic rings. The lowest BCUT2D eigenvalue weighted by molar-refractivity contribution is 0.0687. The van der Waals surface area contributed by atoms with Crippen LogP contribution in [-0.4, -0.2) is 60.1 Å². The van der Waals surface area contributed by atoms with Crippen LogP contribution < -0.4 is 0 Å². The molecule has 0 unspecified atom stereocenters. The van der Waals surface area contributed by atoms with Gasteiger partial charge in [-0.2, -0.15) is 0 Å². The number of amides is 1. The quantitative estimate of drug-likeness (QED) is 0.823. The molecule has 110 valence electrons. The van der Waals surface area contributed by atoms with E-state index in [0.717, 1.165) is 43.9 Å². The van der Waals surface area contributed by atoms with Crippen molar-refractivity contribution < 1.29 is 13.9 Å². The van der Waals surface area contributed by atoms with Crippen LogP contribution in [0.5, 0.6) is 0 Å². The zero-order chi connectivity index (χ0) is 14.1. The van der Waals surface area contributed by atoms with E-state index in [2.05, 4.69) is 16.8 Å². The lowest BCUT2D eigenvalue weighted by atomic mass is 10.2. The minimum absolute atomic E-state index is 0.109. The lowest BCUT2D eigenvalue weighted by Crippen LogP contribution is -2.30. The summed E-state index contributed by atoms with van der Waals surface area (Å²) < 4.78 is 11.0. The summed E-state index contributed by atoms with van der Waals surface area (Å²) in [5, 5.41) is 0. The second-order valence-corrected chi connectivity index (χ2v) is 5.41. The fraction of sp³-hybridized carbons (Fsp3) is 0.714. The smallest absolute Gasteiger partial charge is 0.309 e. The molecule has 0 aromatic carbocycles. The van der Waals surface area contributed by atoms with Crippen LogP contribution >= 0.6 is 0 Å². The maximum absolute atomic E-state index is 12.4. The highest BCUT2D eigenvalue weighted by Crippen LogP contribution is 2.22. The van der Waals surface area contributed by atoms with Crippen LogP contribution in [0.15, 0.2) is 4.42 Å². The van der Waals surface area contributed by atoms with Gasteiger partial charge in [0.1, 0.15) is 5.76 Å². The average Bonchev–Trinajstić information content (AvgIpc) is 3.11. The monoisotopic (exact) mass is 279 g/mol. The lowest BCUT2D eigenvalue weighted by Gasteiger charge is -2.22. The third-order valence-electron chi connectivity index (χ3n) is 4.20. The first kappa shape index (κ1) is 13.6. The minimum atomic E-state index is -0.109. The maximum atomic E-state index is 12.4. The summed E-state index contributed by atoms with van der Waals surface area (Å²) in [6.07, 6.45) is 1.86. The molecule has 1 atom stereocenters. The van der Waals surface area contributed by atoms with Crippen molar-refractivity contribution in [2.24, 2.45) is 0 Å². The van der Waals surface area contributed by atoms with Gasteiger partial charge in [-0.25, -0.2) is 4.98 Å². The molecular weight excluding hydrogens is 258 g/mol. The second kappa shape index (κ2) is 5.54. The van der Waals surface area contributed by atoms with Gasteiger partial charge in [0, 0.05) is 39.7 Å². The molecule has 2 aliphatic heterocycles. The van der Waals surface area contributed by atoms with Gasteiger partial charge in [-0.1, -0.05) is 6.92 Å². The summed E-state index contributed by atoms with van der Waals surface area (Å²) in [7, 11) is 1.68. The Kier molecular flexibility index (Phi) is 3.76. The first-order valence-electron chi connectivity index (χ1n) is 7.24. The summed E-state index contributed by atoms with van der Waals surface area (Å²) in [5.74, 6) is 1.01. The standard InChI is InChI=1S/C14H21N3O3/c1-3-16-6-5-12-11(9-16)15-13(20-12)14(18)17-7-4-10(8-17)19-2/h10H,3-9H2,1-2H3/t10-/m0/s1. The summed E-state index contributed by atoms with van der Waals surface area (Å²) in [4.78, 5) is 20.9. The summed E-state index contributed by atoms with van der Waals surface area (Å²) in [6, 6.07) is 0. The zero-order valence-electron chi connectivity index (χ0n) is 12.1. The molecule has 3 heterocycles. The molecule has 0 N–H and O–H groups in total. The molecule has 0 saturated carbocycles. The second-order valence-electron chi connectivity index (χ2n) is 5.41. The summed E-state index contributed by atoms with van der Waals surface area (Å²) in [6.45, 7) is 6.23. The molecule has 20 heavy (non-hydrogen) atoms. The molecule has 6 heteroatoms.